The zero-order chi connectivity index (χ0) is 25.6. The number of carbonyl (C=O) groups is 2. The van der Waals surface area contributed by atoms with Crippen molar-refractivity contribution in [3.8, 4) is 11.1 Å². The van der Waals surface area contributed by atoms with Crippen LogP contribution in [0.4, 0.5) is 18.0 Å². The Morgan fingerprint density at radius 2 is 1.66 bits per heavy atom. The highest BCUT2D eigenvalue weighted by Gasteiger charge is 2.37. The lowest BCUT2D eigenvalue weighted by molar-refractivity contribution is -0.139. The zero-order valence-electron chi connectivity index (χ0n) is 18.8. The van der Waals surface area contributed by atoms with Gasteiger partial charge in [0.05, 0.1) is 17.0 Å². The molecule has 3 aromatic rings. The smallest absolute Gasteiger partial charge is 0.418 e. The van der Waals surface area contributed by atoms with Gasteiger partial charge in [-0.05, 0) is 46.9 Å². The first kappa shape index (κ1) is 26.1. The van der Waals surface area contributed by atoms with E-state index in [0.29, 0.717) is 23.2 Å². The van der Waals surface area contributed by atoms with Crippen molar-refractivity contribution in [1.82, 2.24) is 4.90 Å². The quantitative estimate of drug-likeness (QED) is 0.365. The second kappa shape index (κ2) is 11.3. The summed E-state index contributed by atoms with van der Waals surface area (Å²) in [6.45, 7) is 2.35. The molecule has 0 heterocycles. The Balaban J connectivity index is 1.91. The van der Waals surface area contributed by atoms with Crippen molar-refractivity contribution in [2.24, 2.45) is 0 Å². The minimum Gasteiger partial charge on any atom is -0.481 e. The van der Waals surface area contributed by atoms with Crippen molar-refractivity contribution in [2.45, 2.75) is 32.7 Å². The van der Waals surface area contributed by atoms with E-state index in [-0.39, 0.29) is 13.2 Å². The van der Waals surface area contributed by atoms with Gasteiger partial charge in [0.15, 0.2) is 0 Å². The minimum atomic E-state index is -4.80. The maximum Gasteiger partial charge on any atom is 0.418 e. The van der Waals surface area contributed by atoms with E-state index in [0.717, 1.165) is 5.56 Å². The molecule has 1 amide bonds. The van der Waals surface area contributed by atoms with Gasteiger partial charge in [-0.2, -0.15) is 13.2 Å². The molecule has 9 heteroatoms. The van der Waals surface area contributed by atoms with Gasteiger partial charge in [-0.15, -0.1) is 0 Å². The summed E-state index contributed by atoms with van der Waals surface area (Å²) in [5.41, 5.74) is 0.734. The second-order valence-corrected chi connectivity index (χ2v) is 8.18. The average Bonchev–Trinajstić information content (AvgIpc) is 2.80. The van der Waals surface area contributed by atoms with Crippen LogP contribution in [0.1, 0.15) is 29.2 Å². The van der Waals surface area contributed by atoms with Gasteiger partial charge in [-0.25, -0.2) is 4.79 Å². The number of carboxylic acids is 1. The highest BCUT2D eigenvalue weighted by Crippen LogP contribution is 2.40. The number of carbonyl (C=O) groups excluding carboxylic acids is 1. The molecule has 0 radical (unpaired) electrons. The predicted molar refractivity (Wildman–Crippen MR) is 126 cm³/mol. The molecule has 35 heavy (non-hydrogen) atoms. The van der Waals surface area contributed by atoms with Crippen LogP contribution in [0.3, 0.4) is 0 Å². The molecule has 184 valence electrons. The largest absolute Gasteiger partial charge is 0.481 e. The maximum atomic E-state index is 13.5. The Labute approximate surface area is 205 Å². The standard InChI is InChI=1S/C26H23ClF3NO4/c1-2-31(25(34)35-16-17-8-4-3-5-9-17)15-18-10-6-7-11-21(18)19-12-20(14-23(32)33)24(22(27)13-19)26(28,29)30/h3-13H,2,14-16H2,1H3,(H,32,33). The molecular formula is C26H23ClF3NO4. The molecule has 0 atom stereocenters. The summed E-state index contributed by atoms with van der Waals surface area (Å²) in [5, 5.41) is 8.55. The topological polar surface area (TPSA) is 66.8 Å². The van der Waals surface area contributed by atoms with Crippen LogP contribution in [-0.4, -0.2) is 28.6 Å². The van der Waals surface area contributed by atoms with Crippen molar-refractivity contribution < 1.29 is 32.6 Å². The average molecular weight is 506 g/mol. The molecule has 0 aliphatic heterocycles. The van der Waals surface area contributed by atoms with Gasteiger partial charge >= 0.3 is 18.2 Å². The molecule has 5 nitrogen and oxygen atoms in total. The van der Waals surface area contributed by atoms with Crippen LogP contribution in [-0.2, 0) is 35.3 Å². The van der Waals surface area contributed by atoms with E-state index in [1.165, 1.54) is 17.0 Å². The highest BCUT2D eigenvalue weighted by atomic mass is 35.5. The lowest BCUT2D eigenvalue weighted by Crippen LogP contribution is -2.31. The SMILES string of the molecule is CCN(Cc1ccccc1-c1cc(Cl)c(C(F)(F)F)c(CC(=O)O)c1)C(=O)OCc1ccccc1. The van der Waals surface area contributed by atoms with Gasteiger partial charge in [-0.1, -0.05) is 66.2 Å². The molecule has 3 rings (SSSR count). The van der Waals surface area contributed by atoms with Gasteiger partial charge in [0.1, 0.15) is 6.61 Å². The lowest BCUT2D eigenvalue weighted by atomic mass is 9.94. The number of rotatable bonds is 8. The minimum absolute atomic E-state index is 0.102. The van der Waals surface area contributed by atoms with E-state index in [1.54, 1.807) is 31.2 Å². The molecule has 0 saturated carbocycles. The summed E-state index contributed by atoms with van der Waals surface area (Å²) in [6.07, 6.45) is -6.18. The molecule has 0 spiro atoms. The zero-order valence-corrected chi connectivity index (χ0v) is 19.6. The number of nitrogens with zero attached hydrogens (tertiary/aromatic N) is 1. The van der Waals surface area contributed by atoms with Gasteiger partial charge in [0, 0.05) is 13.1 Å². The number of ether oxygens (including phenoxy) is 1. The van der Waals surface area contributed by atoms with Crippen molar-refractivity contribution >= 4 is 23.7 Å². The van der Waals surface area contributed by atoms with Crippen LogP contribution in [0.15, 0.2) is 66.7 Å². The predicted octanol–water partition coefficient (Wildman–Crippen LogP) is 6.81. The van der Waals surface area contributed by atoms with E-state index >= 15 is 0 Å². The fourth-order valence-electron chi connectivity index (χ4n) is 3.70. The molecule has 3 aromatic carbocycles. The third kappa shape index (κ3) is 6.76. The number of benzene rings is 3. The third-order valence-corrected chi connectivity index (χ3v) is 5.63. The Morgan fingerprint density at radius 1 is 1.00 bits per heavy atom. The molecule has 0 saturated heterocycles. The Bertz CT molecular complexity index is 1200. The maximum absolute atomic E-state index is 13.5. The van der Waals surface area contributed by atoms with Crippen molar-refractivity contribution in [2.75, 3.05) is 6.54 Å². The fourth-order valence-corrected chi connectivity index (χ4v) is 4.05. The first-order valence-corrected chi connectivity index (χ1v) is 11.1. The fraction of sp³-hybridized carbons (Fsp3) is 0.231. The Morgan fingerprint density at radius 3 is 2.29 bits per heavy atom. The first-order chi connectivity index (χ1) is 16.6. The lowest BCUT2D eigenvalue weighted by Gasteiger charge is -2.23. The Hall–Kier alpha value is -3.52. The normalized spacial score (nSPS) is 11.2. The molecule has 1 N–H and O–H groups in total. The number of hydrogen-bond acceptors (Lipinski definition) is 3. The molecule has 0 aliphatic rings. The molecular weight excluding hydrogens is 483 g/mol. The number of alkyl halides is 3. The van der Waals surface area contributed by atoms with Gasteiger partial charge in [-0.3, -0.25) is 4.79 Å². The van der Waals surface area contributed by atoms with Crippen molar-refractivity contribution in [3.05, 3.63) is 94.0 Å². The molecule has 0 bridgehead atoms. The van der Waals surface area contributed by atoms with Crippen LogP contribution in [0.25, 0.3) is 11.1 Å². The number of aliphatic carboxylic acids is 1. The summed E-state index contributed by atoms with van der Waals surface area (Å²) in [4.78, 5) is 25.4. The van der Waals surface area contributed by atoms with Gasteiger partial charge in [0.25, 0.3) is 0 Å². The molecule has 0 aromatic heterocycles. The van der Waals surface area contributed by atoms with Crippen LogP contribution in [0, 0.1) is 0 Å². The van der Waals surface area contributed by atoms with Crippen LogP contribution >= 0.6 is 11.6 Å². The van der Waals surface area contributed by atoms with Crippen molar-refractivity contribution in [1.29, 1.82) is 0 Å². The Kier molecular flexibility index (Phi) is 8.40. The monoisotopic (exact) mass is 505 g/mol. The number of hydrogen-bond donors (Lipinski definition) is 1. The van der Waals surface area contributed by atoms with E-state index < -0.39 is 40.8 Å². The van der Waals surface area contributed by atoms with Crippen LogP contribution in [0.2, 0.25) is 5.02 Å². The first-order valence-electron chi connectivity index (χ1n) is 10.8. The van der Waals surface area contributed by atoms with Gasteiger partial charge < -0.3 is 14.7 Å². The molecule has 0 fully saturated rings. The van der Waals surface area contributed by atoms with Crippen LogP contribution in [0.5, 0.6) is 0 Å². The van der Waals surface area contributed by atoms with E-state index in [2.05, 4.69) is 0 Å². The summed E-state index contributed by atoms with van der Waals surface area (Å²) >= 11 is 5.99. The van der Waals surface area contributed by atoms with Crippen LogP contribution < -0.4 is 0 Å². The second-order valence-electron chi connectivity index (χ2n) is 7.77. The van der Waals surface area contributed by atoms with Crippen molar-refractivity contribution in [3.63, 3.8) is 0 Å². The molecule has 0 aliphatic carbocycles. The number of carboxylic acid groups (broad SMARTS) is 1. The summed E-state index contributed by atoms with van der Waals surface area (Å²) in [5.74, 6) is -1.41. The third-order valence-electron chi connectivity index (χ3n) is 5.33. The van der Waals surface area contributed by atoms with E-state index in [4.69, 9.17) is 21.4 Å². The summed E-state index contributed by atoms with van der Waals surface area (Å²) in [6, 6.07) is 18.4. The highest BCUT2D eigenvalue weighted by molar-refractivity contribution is 6.32. The number of amides is 1. The van der Waals surface area contributed by atoms with E-state index in [9.17, 15) is 22.8 Å². The number of halogens is 4. The summed E-state index contributed by atoms with van der Waals surface area (Å²) in [7, 11) is 0. The van der Waals surface area contributed by atoms with E-state index in [1.807, 2.05) is 30.3 Å². The summed E-state index contributed by atoms with van der Waals surface area (Å²) < 4.78 is 46.0. The molecule has 0 unspecified atom stereocenters. The van der Waals surface area contributed by atoms with Gasteiger partial charge in [0.2, 0.25) is 0 Å².